The van der Waals surface area contributed by atoms with Crippen molar-refractivity contribution in [3.05, 3.63) is 95.8 Å². The van der Waals surface area contributed by atoms with E-state index in [4.69, 9.17) is 0 Å². The van der Waals surface area contributed by atoms with Crippen molar-refractivity contribution in [2.75, 3.05) is 5.32 Å². The zero-order chi connectivity index (χ0) is 19.8. The van der Waals surface area contributed by atoms with Crippen LogP contribution in [-0.2, 0) is 0 Å². The molecule has 1 aliphatic rings. The molecule has 0 radical (unpaired) electrons. The molecule has 2 heterocycles. The number of carbonyl (C=O) groups excluding carboxylic acids is 1. The molecule has 6 heteroatoms. The molecular weight excluding hydrogens is 362 g/mol. The molecule has 0 fully saturated rings. The summed E-state index contributed by atoms with van der Waals surface area (Å²) in [7, 11) is 0. The lowest BCUT2D eigenvalue weighted by Gasteiger charge is -2.17. The molecule has 4 aromatic rings. The third kappa shape index (κ3) is 3.04. The maximum atomic E-state index is 12.9. The molecule has 0 bridgehead atoms. The molecule has 1 aliphatic carbocycles. The van der Waals surface area contributed by atoms with E-state index >= 15 is 0 Å². The Morgan fingerprint density at radius 2 is 1.59 bits per heavy atom. The molecule has 2 N–H and O–H groups in total. The lowest BCUT2D eigenvalue weighted by Crippen LogP contribution is -2.33. The number of hydrogen-bond acceptors (Lipinski definition) is 3. The predicted molar refractivity (Wildman–Crippen MR) is 112 cm³/mol. The molecule has 0 saturated carbocycles. The Kier molecular flexibility index (Phi) is 4.09. The zero-order valence-corrected chi connectivity index (χ0v) is 15.8. The van der Waals surface area contributed by atoms with Crippen molar-refractivity contribution in [1.82, 2.24) is 20.1 Å². The first-order chi connectivity index (χ1) is 14.2. The van der Waals surface area contributed by atoms with E-state index in [9.17, 15) is 4.79 Å². The Morgan fingerprint density at radius 3 is 2.24 bits per heavy atom. The first-order valence-electron chi connectivity index (χ1n) is 9.44. The Labute approximate surface area is 168 Å². The highest BCUT2D eigenvalue weighted by molar-refractivity contribution is 5.91. The first-order valence-corrected chi connectivity index (χ1v) is 9.44. The van der Waals surface area contributed by atoms with E-state index in [1.807, 2.05) is 55.5 Å². The summed E-state index contributed by atoms with van der Waals surface area (Å²) in [4.78, 5) is 17.2. The molecular formula is C23H19N5O. The van der Waals surface area contributed by atoms with Crippen molar-refractivity contribution < 1.29 is 4.79 Å². The average molecular weight is 381 g/mol. The van der Waals surface area contributed by atoms with Crippen LogP contribution in [0.1, 0.15) is 22.9 Å². The minimum atomic E-state index is -0.293. The Morgan fingerprint density at radius 1 is 0.931 bits per heavy atom. The van der Waals surface area contributed by atoms with Gasteiger partial charge < -0.3 is 5.32 Å². The van der Waals surface area contributed by atoms with Gasteiger partial charge in [-0.1, -0.05) is 54.6 Å². The minimum Gasteiger partial charge on any atom is -0.327 e. The summed E-state index contributed by atoms with van der Waals surface area (Å²) in [6, 6.07) is 23.2. The van der Waals surface area contributed by atoms with E-state index in [0.717, 1.165) is 27.9 Å². The van der Waals surface area contributed by atoms with Gasteiger partial charge in [-0.05, 0) is 41.3 Å². The van der Waals surface area contributed by atoms with Crippen LogP contribution in [-0.4, -0.2) is 20.8 Å². The average Bonchev–Trinajstić information content (AvgIpc) is 3.27. The Balaban J connectivity index is 1.43. The molecule has 0 aliphatic heterocycles. The van der Waals surface area contributed by atoms with Gasteiger partial charge in [0.1, 0.15) is 5.82 Å². The molecule has 142 valence electrons. The highest BCUT2D eigenvalue weighted by atomic mass is 16.2. The number of amides is 2. The minimum absolute atomic E-state index is 0.199. The molecule has 0 spiro atoms. The number of anilines is 1. The van der Waals surface area contributed by atoms with E-state index in [1.165, 1.54) is 0 Å². The van der Waals surface area contributed by atoms with Crippen molar-refractivity contribution in [3.63, 3.8) is 0 Å². The van der Waals surface area contributed by atoms with Gasteiger partial charge in [-0.15, -0.1) is 0 Å². The van der Waals surface area contributed by atoms with Crippen molar-refractivity contribution in [2.24, 2.45) is 0 Å². The second-order valence-electron chi connectivity index (χ2n) is 6.98. The number of hydrogen-bond donors (Lipinski definition) is 2. The van der Waals surface area contributed by atoms with Crippen LogP contribution in [0.3, 0.4) is 0 Å². The van der Waals surface area contributed by atoms with Crippen LogP contribution >= 0.6 is 0 Å². The normalized spacial score (nSPS) is 12.3. The van der Waals surface area contributed by atoms with Crippen molar-refractivity contribution in [2.45, 2.75) is 13.0 Å². The largest absolute Gasteiger partial charge is 0.327 e. The summed E-state index contributed by atoms with van der Waals surface area (Å²) < 4.78 is 1.63. The maximum Gasteiger partial charge on any atom is 0.321 e. The number of rotatable bonds is 3. The summed E-state index contributed by atoms with van der Waals surface area (Å²) in [5.74, 6) is 1.21. The van der Waals surface area contributed by atoms with Gasteiger partial charge in [0, 0.05) is 12.3 Å². The molecule has 0 saturated heterocycles. The van der Waals surface area contributed by atoms with Gasteiger partial charge in [0.25, 0.3) is 0 Å². The first kappa shape index (κ1) is 17.2. The summed E-state index contributed by atoms with van der Waals surface area (Å²) in [6.45, 7) is 1.88. The standard InChI is InChI=1S/C23H19N5O/c1-15-14-21(28(27-15)20-12-6-7-13-24-20)25-23(29)26-22-18-10-4-2-8-16(18)17-9-3-5-11-19(17)22/h2-14,22H,1H3,(H2,25,26,29). The fraction of sp³-hybridized carbons (Fsp3) is 0.0870. The second kappa shape index (κ2) is 6.91. The number of urea groups is 1. The van der Waals surface area contributed by atoms with Crippen molar-refractivity contribution in [3.8, 4) is 16.9 Å². The number of aromatic nitrogens is 3. The number of benzene rings is 2. The molecule has 5 rings (SSSR count). The van der Waals surface area contributed by atoms with Gasteiger partial charge in [0.15, 0.2) is 5.82 Å². The van der Waals surface area contributed by atoms with E-state index in [-0.39, 0.29) is 12.1 Å². The summed E-state index contributed by atoms with van der Waals surface area (Å²) in [5, 5.41) is 10.5. The lowest BCUT2D eigenvalue weighted by molar-refractivity contribution is 0.250. The van der Waals surface area contributed by atoms with Crippen LogP contribution in [0.15, 0.2) is 79.0 Å². The number of nitrogens with one attached hydrogen (secondary N) is 2. The van der Waals surface area contributed by atoms with Gasteiger partial charge in [-0.2, -0.15) is 9.78 Å². The van der Waals surface area contributed by atoms with Crippen LogP contribution in [0, 0.1) is 6.92 Å². The number of carbonyl (C=O) groups is 1. The maximum absolute atomic E-state index is 12.9. The summed E-state index contributed by atoms with van der Waals surface area (Å²) >= 11 is 0. The molecule has 2 aromatic heterocycles. The second-order valence-corrected chi connectivity index (χ2v) is 6.98. The summed E-state index contributed by atoms with van der Waals surface area (Å²) in [6.07, 6.45) is 1.70. The number of nitrogens with zero attached hydrogens (tertiary/aromatic N) is 3. The third-order valence-corrected chi connectivity index (χ3v) is 5.05. The summed E-state index contributed by atoms with van der Waals surface area (Å²) in [5.41, 5.74) is 5.30. The van der Waals surface area contributed by atoms with Gasteiger partial charge in [-0.25, -0.2) is 9.78 Å². The molecule has 0 unspecified atom stereocenters. The lowest BCUT2D eigenvalue weighted by atomic mass is 10.1. The van der Waals surface area contributed by atoms with Crippen molar-refractivity contribution in [1.29, 1.82) is 0 Å². The Bertz CT molecular complexity index is 1150. The molecule has 6 nitrogen and oxygen atoms in total. The van der Waals surface area contributed by atoms with Gasteiger partial charge >= 0.3 is 6.03 Å². The number of fused-ring (bicyclic) bond motifs is 3. The molecule has 29 heavy (non-hydrogen) atoms. The number of pyridine rings is 1. The molecule has 2 aromatic carbocycles. The van der Waals surface area contributed by atoms with E-state index in [1.54, 1.807) is 10.9 Å². The van der Waals surface area contributed by atoms with Crippen LogP contribution in [0.5, 0.6) is 0 Å². The monoisotopic (exact) mass is 381 g/mol. The van der Waals surface area contributed by atoms with Crippen LogP contribution in [0.4, 0.5) is 10.6 Å². The smallest absolute Gasteiger partial charge is 0.321 e. The van der Waals surface area contributed by atoms with Gasteiger partial charge in [-0.3, -0.25) is 5.32 Å². The predicted octanol–water partition coefficient (Wildman–Crippen LogP) is 4.47. The van der Waals surface area contributed by atoms with Gasteiger partial charge in [0.05, 0.1) is 11.7 Å². The van der Waals surface area contributed by atoms with Crippen LogP contribution in [0.25, 0.3) is 16.9 Å². The highest BCUT2D eigenvalue weighted by Gasteiger charge is 2.29. The van der Waals surface area contributed by atoms with Gasteiger partial charge in [0.2, 0.25) is 0 Å². The van der Waals surface area contributed by atoms with Crippen molar-refractivity contribution >= 4 is 11.8 Å². The zero-order valence-electron chi connectivity index (χ0n) is 15.8. The third-order valence-electron chi connectivity index (χ3n) is 5.05. The van der Waals surface area contributed by atoms with E-state index in [2.05, 4.69) is 45.0 Å². The molecule has 2 amide bonds. The van der Waals surface area contributed by atoms with E-state index < -0.39 is 0 Å². The van der Waals surface area contributed by atoms with Crippen LogP contribution < -0.4 is 10.6 Å². The topological polar surface area (TPSA) is 71.8 Å². The van der Waals surface area contributed by atoms with E-state index in [0.29, 0.717) is 11.6 Å². The SMILES string of the molecule is Cc1cc(NC(=O)NC2c3ccccc3-c3ccccc32)n(-c2ccccn2)n1. The van der Waals surface area contributed by atoms with Crippen LogP contribution in [0.2, 0.25) is 0 Å². The molecule has 0 atom stereocenters. The fourth-order valence-electron chi connectivity index (χ4n) is 3.84. The Hall–Kier alpha value is -3.93. The highest BCUT2D eigenvalue weighted by Crippen LogP contribution is 2.42. The quantitative estimate of drug-likeness (QED) is 0.550. The fourth-order valence-corrected chi connectivity index (χ4v) is 3.84. The number of aryl methyl sites for hydroxylation is 1.